The number of rotatable bonds is 79. The van der Waals surface area contributed by atoms with Gasteiger partial charge in [-0.2, -0.15) is 0 Å². The quantitative estimate of drug-likeness (QED) is 0.0169. The van der Waals surface area contributed by atoms with Gasteiger partial charge in [0.1, 0.15) is 19.3 Å². The number of ether oxygens (including phenoxy) is 4. The number of phosphoric ester groups is 2. The van der Waals surface area contributed by atoms with Crippen LogP contribution in [0, 0.1) is 0 Å². The van der Waals surface area contributed by atoms with E-state index in [0.717, 1.165) is 103 Å². The molecule has 0 bridgehead atoms. The Morgan fingerprint density at radius 1 is 0.275 bits per heavy atom. The van der Waals surface area contributed by atoms with Crippen molar-refractivity contribution in [2.75, 3.05) is 39.6 Å². The number of hydrogen-bond acceptors (Lipinski definition) is 15. The van der Waals surface area contributed by atoms with Crippen molar-refractivity contribution in [1.29, 1.82) is 0 Å². The summed E-state index contributed by atoms with van der Waals surface area (Å²) < 4.78 is 68.6. The molecule has 596 valence electrons. The third kappa shape index (κ3) is 75.0. The van der Waals surface area contributed by atoms with Crippen LogP contribution in [0.15, 0.2) is 60.8 Å². The topological polar surface area (TPSA) is 237 Å². The number of unbranched alkanes of at least 4 members (excludes halogenated alkanes) is 43. The predicted molar refractivity (Wildman–Crippen MR) is 418 cm³/mol. The molecule has 0 aliphatic rings. The highest BCUT2D eigenvalue weighted by Crippen LogP contribution is 2.45. The Morgan fingerprint density at radius 2 is 0.490 bits per heavy atom. The molecule has 0 saturated carbocycles. The Labute approximate surface area is 622 Å². The molecule has 17 nitrogen and oxygen atoms in total. The summed E-state index contributed by atoms with van der Waals surface area (Å²) in [5.41, 5.74) is 0. The van der Waals surface area contributed by atoms with Crippen LogP contribution in [0.3, 0.4) is 0 Å². The van der Waals surface area contributed by atoms with Gasteiger partial charge in [-0.15, -0.1) is 0 Å². The minimum absolute atomic E-state index is 0.0242. The van der Waals surface area contributed by atoms with E-state index in [0.29, 0.717) is 32.1 Å². The molecule has 19 heteroatoms. The largest absolute Gasteiger partial charge is 0.472 e. The van der Waals surface area contributed by atoms with Crippen LogP contribution >= 0.6 is 15.6 Å². The molecule has 2 unspecified atom stereocenters. The van der Waals surface area contributed by atoms with Crippen molar-refractivity contribution < 1.29 is 80.2 Å². The molecule has 102 heavy (non-hydrogen) atoms. The summed E-state index contributed by atoms with van der Waals surface area (Å²) in [6, 6.07) is 0. The van der Waals surface area contributed by atoms with Gasteiger partial charge in [0, 0.05) is 25.7 Å². The maximum absolute atomic E-state index is 13.1. The van der Waals surface area contributed by atoms with E-state index in [1.165, 1.54) is 199 Å². The van der Waals surface area contributed by atoms with Gasteiger partial charge in [0.05, 0.1) is 26.4 Å². The summed E-state index contributed by atoms with van der Waals surface area (Å²) in [4.78, 5) is 73.0. The second-order valence-electron chi connectivity index (χ2n) is 28.1. The van der Waals surface area contributed by atoms with Crippen molar-refractivity contribution in [3.05, 3.63) is 60.8 Å². The first-order valence-electron chi connectivity index (χ1n) is 41.5. The number of aliphatic hydroxyl groups is 1. The number of carbonyl (C=O) groups excluding carboxylic acids is 4. The number of aliphatic hydroxyl groups excluding tert-OH is 1. The molecule has 0 aliphatic carbocycles. The Morgan fingerprint density at radius 3 is 0.804 bits per heavy atom. The molecule has 5 atom stereocenters. The van der Waals surface area contributed by atoms with E-state index < -0.39 is 97.5 Å². The average molecular weight is 1480 g/mol. The van der Waals surface area contributed by atoms with Crippen LogP contribution in [0.2, 0.25) is 0 Å². The zero-order chi connectivity index (χ0) is 74.6. The molecule has 0 amide bonds. The van der Waals surface area contributed by atoms with Crippen LogP contribution in [-0.4, -0.2) is 96.7 Å². The van der Waals surface area contributed by atoms with E-state index in [1.54, 1.807) is 0 Å². The van der Waals surface area contributed by atoms with Crippen molar-refractivity contribution in [2.24, 2.45) is 0 Å². The van der Waals surface area contributed by atoms with E-state index >= 15 is 0 Å². The lowest BCUT2D eigenvalue weighted by Gasteiger charge is -2.21. The molecule has 0 aliphatic heterocycles. The van der Waals surface area contributed by atoms with E-state index in [2.05, 4.69) is 76.3 Å². The van der Waals surface area contributed by atoms with Gasteiger partial charge >= 0.3 is 39.5 Å². The predicted octanol–water partition coefficient (Wildman–Crippen LogP) is 24.2. The summed E-state index contributed by atoms with van der Waals surface area (Å²) in [7, 11) is -9.96. The monoisotopic (exact) mass is 1480 g/mol. The van der Waals surface area contributed by atoms with E-state index in [-0.39, 0.29) is 25.7 Å². The number of carbonyl (C=O) groups is 4. The molecular formula is C83H152O17P2. The maximum Gasteiger partial charge on any atom is 0.472 e. The lowest BCUT2D eigenvalue weighted by molar-refractivity contribution is -0.161. The molecule has 0 saturated heterocycles. The van der Waals surface area contributed by atoms with Gasteiger partial charge in [-0.3, -0.25) is 37.3 Å². The standard InChI is InChI=1S/C83H152O17P2/c1-5-9-13-17-21-25-29-33-36-38-41-44-48-52-56-60-64-68-81(86)94-74-79(99-82(87)69-65-61-57-53-49-45-40-35-31-27-23-19-15-11-7-3)76-98-102(91,92)96-72-77(84)71-95-101(89,90)97-75-78(73-93-80(85)67-63-59-55-51-47-43-32-28-24-20-16-12-8-4)100-83(88)70-66-62-58-54-50-46-42-39-37-34-30-26-22-18-14-10-6-2/h22,26,34-35,37,40,42,46,54,58,77-79,84H,5-21,23-25,27-33,36,38-39,41,43-45,47-53,55-57,59-76H2,1-4H3,(H,89,90)(H,91,92)/b26-22-,37-34-,40-35-,46-42-,58-54-/t77-,78-,79-/m1/s1. The Bertz CT molecular complexity index is 2170. The SMILES string of the molecule is CCCCC/C=C\C/C=C\C/C=C\C/C=C\CCCC(=O)O[C@H](COC(=O)CCCCCCCCCCCCCCC)COP(=O)(O)OC[C@@H](O)COP(=O)(O)OC[C@@H](COC(=O)CCCCCCCCCCCCCCCCCCC)OC(=O)CCCCCCC/C=C\CCCCCCCC. The number of phosphoric acid groups is 2. The van der Waals surface area contributed by atoms with E-state index in [4.69, 9.17) is 37.0 Å². The number of allylic oxidation sites excluding steroid dienone is 10. The first-order valence-corrected chi connectivity index (χ1v) is 44.5. The summed E-state index contributed by atoms with van der Waals surface area (Å²) in [5, 5.41) is 10.6. The zero-order valence-corrected chi connectivity index (χ0v) is 67.1. The highest BCUT2D eigenvalue weighted by atomic mass is 31.2. The van der Waals surface area contributed by atoms with Gasteiger partial charge in [-0.05, 0) is 89.9 Å². The second kappa shape index (κ2) is 76.0. The van der Waals surface area contributed by atoms with E-state index in [1.807, 2.05) is 12.2 Å². The van der Waals surface area contributed by atoms with Crippen LogP contribution in [0.25, 0.3) is 0 Å². The van der Waals surface area contributed by atoms with Crippen LogP contribution < -0.4 is 0 Å². The second-order valence-corrected chi connectivity index (χ2v) is 31.0. The highest BCUT2D eigenvalue weighted by molar-refractivity contribution is 7.47. The molecule has 0 aromatic carbocycles. The third-order valence-corrected chi connectivity index (χ3v) is 19.9. The van der Waals surface area contributed by atoms with Crippen molar-refractivity contribution in [1.82, 2.24) is 0 Å². The molecule has 0 heterocycles. The lowest BCUT2D eigenvalue weighted by atomic mass is 10.0. The Kier molecular flexibility index (Phi) is 73.6. The molecule has 0 aromatic rings. The van der Waals surface area contributed by atoms with Crippen molar-refractivity contribution in [3.8, 4) is 0 Å². The van der Waals surface area contributed by atoms with E-state index in [9.17, 15) is 43.2 Å². The van der Waals surface area contributed by atoms with Gasteiger partial charge in [-0.1, -0.05) is 332 Å². The van der Waals surface area contributed by atoms with Crippen molar-refractivity contribution in [3.63, 3.8) is 0 Å². The van der Waals surface area contributed by atoms with Crippen molar-refractivity contribution >= 4 is 39.5 Å². The first-order chi connectivity index (χ1) is 49.7. The minimum atomic E-state index is -4.98. The maximum atomic E-state index is 13.1. The highest BCUT2D eigenvalue weighted by Gasteiger charge is 2.30. The smallest absolute Gasteiger partial charge is 0.462 e. The molecular weight excluding hydrogens is 1330 g/mol. The van der Waals surface area contributed by atoms with Crippen molar-refractivity contribution in [2.45, 2.75) is 406 Å². The third-order valence-electron chi connectivity index (χ3n) is 18.0. The van der Waals surface area contributed by atoms with Crippen LogP contribution in [-0.2, 0) is 65.4 Å². The van der Waals surface area contributed by atoms with Gasteiger partial charge in [0.2, 0.25) is 0 Å². The Balaban J connectivity index is 5.36. The molecule has 0 aromatic heterocycles. The van der Waals surface area contributed by atoms with Crippen LogP contribution in [0.5, 0.6) is 0 Å². The van der Waals surface area contributed by atoms with Crippen LogP contribution in [0.4, 0.5) is 0 Å². The fourth-order valence-electron chi connectivity index (χ4n) is 11.6. The summed E-state index contributed by atoms with van der Waals surface area (Å²) >= 11 is 0. The minimum Gasteiger partial charge on any atom is -0.462 e. The number of esters is 4. The molecule has 0 fully saturated rings. The van der Waals surface area contributed by atoms with Gasteiger partial charge in [0.25, 0.3) is 0 Å². The molecule has 0 spiro atoms. The van der Waals surface area contributed by atoms with Gasteiger partial charge < -0.3 is 33.8 Å². The fourth-order valence-corrected chi connectivity index (χ4v) is 13.2. The van der Waals surface area contributed by atoms with Gasteiger partial charge in [0.15, 0.2) is 12.2 Å². The molecule has 3 N–H and O–H groups in total. The molecule has 0 radical (unpaired) electrons. The zero-order valence-electron chi connectivity index (χ0n) is 65.3. The first kappa shape index (κ1) is 98.8. The fraction of sp³-hybridized carbons (Fsp3) is 0.831. The van der Waals surface area contributed by atoms with Gasteiger partial charge in [-0.25, -0.2) is 9.13 Å². The average Bonchev–Trinajstić information content (AvgIpc) is 0.922. The molecule has 0 rings (SSSR count). The summed E-state index contributed by atoms with van der Waals surface area (Å²) in [5.74, 6) is -2.21. The Hall–Kier alpha value is -3.24. The number of hydrogen-bond donors (Lipinski definition) is 3. The summed E-state index contributed by atoms with van der Waals surface area (Å²) in [6.07, 6.45) is 76.3. The normalized spacial score (nSPS) is 14.1. The lowest BCUT2D eigenvalue weighted by Crippen LogP contribution is -2.30. The van der Waals surface area contributed by atoms with Crippen LogP contribution in [0.1, 0.15) is 387 Å². The summed E-state index contributed by atoms with van der Waals surface area (Å²) in [6.45, 7) is 4.86.